The van der Waals surface area contributed by atoms with Crippen molar-refractivity contribution in [2.45, 2.75) is 31.7 Å². The minimum absolute atomic E-state index is 0.302. The number of likely N-dealkylation sites (tertiary alicyclic amines) is 1. The molecule has 1 aliphatic heterocycles. The first-order valence-electron chi connectivity index (χ1n) is 6.14. The van der Waals surface area contributed by atoms with Gasteiger partial charge in [0.25, 0.3) is 0 Å². The number of hydrogen-bond donors (Lipinski definition) is 1. The molecule has 1 saturated heterocycles. The number of hydrogen-bond acceptors (Lipinski definition) is 3. The van der Waals surface area contributed by atoms with Crippen LogP contribution < -0.4 is 0 Å². The highest BCUT2D eigenvalue weighted by Crippen LogP contribution is 2.16. The third-order valence-corrected chi connectivity index (χ3v) is 3.40. The number of aliphatic hydroxyl groups is 1. The molecule has 1 fully saturated rings. The van der Waals surface area contributed by atoms with Crippen LogP contribution in [-0.4, -0.2) is 40.7 Å². The average Bonchev–Trinajstić information content (AvgIpc) is 2.38. The van der Waals surface area contributed by atoms with E-state index in [1.807, 2.05) is 12.4 Å². The monoisotopic (exact) mass is 220 g/mol. The molecular formula is C13H20N2O. The Bertz CT molecular complexity index is 302. The minimum Gasteiger partial charge on any atom is -0.395 e. The minimum atomic E-state index is 0.302. The second kappa shape index (κ2) is 5.97. The second-order valence-corrected chi connectivity index (χ2v) is 4.47. The van der Waals surface area contributed by atoms with Crippen LogP contribution in [-0.2, 0) is 6.42 Å². The van der Waals surface area contributed by atoms with Crippen LogP contribution in [0.2, 0.25) is 0 Å². The topological polar surface area (TPSA) is 36.4 Å². The summed E-state index contributed by atoms with van der Waals surface area (Å²) in [6, 6.07) is 4.52. The predicted molar refractivity (Wildman–Crippen MR) is 64.2 cm³/mol. The molecular weight excluding hydrogens is 200 g/mol. The van der Waals surface area contributed by atoms with Crippen LogP contribution >= 0.6 is 0 Å². The predicted octanol–water partition coefficient (Wildman–Crippen LogP) is 1.47. The first-order chi connectivity index (χ1) is 7.90. The Morgan fingerprint density at radius 2 is 2.12 bits per heavy atom. The van der Waals surface area contributed by atoms with E-state index in [1.54, 1.807) is 0 Å². The lowest BCUT2D eigenvalue weighted by atomic mass is 10.0. The Morgan fingerprint density at radius 3 is 2.88 bits per heavy atom. The summed E-state index contributed by atoms with van der Waals surface area (Å²) in [5, 5.41) is 9.31. The van der Waals surface area contributed by atoms with Crippen LogP contribution in [0.3, 0.4) is 0 Å². The van der Waals surface area contributed by atoms with Crippen molar-refractivity contribution in [1.29, 1.82) is 0 Å². The van der Waals surface area contributed by atoms with E-state index in [0.29, 0.717) is 12.6 Å². The SMILES string of the molecule is OCC1CCCCN1CCc1ccncc1. The van der Waals surface area contributed by atoms with Gasteiger partial charge in [0.1, 0.15) is 0 Å². The summed E-state index contributed by atoms with van der Waals surface area (Å²) in [6.45, 7) is 2.49. The fourth-order valence-electron chi connectivity index (χ4n) is 2.38. The number of rotatable bonds is 4. The third-order valence-electron chi connectivity index (χ3n) is 3.40. The molecule has 1 aromatic heterocycles. The first kappa shape index (κ1) is 11.6. The largest absolute Gasteiger partial charge is 0.395 e. The van der Waals surface area contributed by atoms with Crippen molar-refractivity contribution in [3.05, 3.63) is 30.1 Å². The molecule has 2 rings (SSSR count). The number of pyridine rings is 1. The van der Waals surface area contributed by atoms with Gasteiger partial charge in [0.15, 0.2) is 0 Å². The van der Waals surface area contributed by atoms with Crippen molar-refractivity contribution in [2.75, 3.05) is 19.7 Å². The molecule has 0 aliphatic carbocycles. The molecule has 1 N–H and O–H groups in total. The van der Waals surface area contributed by atoms with Gasteiger partial charge >= 0.3 is 0 Å². The van der Waals surface area contributed by atoms with Crippen LogP contribution in [0.4, 0.5) is 0 Å². The van der Waals surface area contributed by atoms with Gasteiger partial charge in [0.2, 0.25) is 0 Å². The van der Waals surface area contributed by atoms with Gasteiger partial charge in [-0.1, -0.05) is 6.42 Å². The van der Waals surface area contributed by atoms with Crippen LogP contribution in [0.15, 0.2) is 24.5 Å². The van der Waals surface area contributed by atoms with E-state index in [-0.39, 0.29) is 0 Å². The maximum absolute atomic E-state index is 9.31. The lowest BCUT2D eigenvalue weighted by molar-refractivity contribution is 0.0913. The van der Waals surface area contributed by atoms with Gasteiger partial charge < -0.3 is 5.11 Å². The summed E-state index contributed by atoms with van der Waals surface area (Å²) in [7, 11) is 0. The summed E-state index contributed by atoms with van der Waals surface area (Å²) in [6.07, 6.45) is 8.42. The quantitative estimate of drug-likeness (QED) is 0.834. The summed E-state index contributed by atoms with van der Waals surface area (Å²) < 4.78 is 0. The van der Waals surface area contributed by atoms with E-state index in [2.05, 4.69) is 22.0 Å². The van der Waals surface area contributed by atoms with Crippen molar-refractivity contribution in [3.8, 4) is 0 Å². The van der Waals surface area contributed by atoms with E-state index < -0.39 is 0 Å². The van der Waals surface area contributed by atoms with E-state index in [9.17, 15) is 5.11 Å². The molecule has 3 nitrogen and oxygen atoms in total. The van der Waals surface area contributed by atoms with Gasteiger partial charge in [-0.2, -0.15) is 0 Å². The average molecular weight is 220 g/mol. The Labute approximate surface area is 97.1 Å². The fourth-order valence-corrected chi connectivity index (χ4v) is 2.38. The number of nitrogens with zero attached hydrogens (tertiary/aromatic N) is 2. The first-order valence-corrected chi connectivity index (χ1v) is 6.14. The molecule has 0 saturated carbocycles. The highest BCUT2D eigenvalue weighted by Gasteiger charge is 2.20. The van der Waals surface area contributed by atoms with Gasteiger partial charge in [0, 0.05) is 25.0 Å². The van der Waals surface area contributed by atoms with E-state index >= 15 is 0 Å². The summed E-state index contributed by atoms with van der Waals surface area (Å²) in [5.41, 5.74) is 1.33. The smallest absolute Gasteiger partial charge is 0.0586 e. The summed E-state index contributed by atoms with van der Waals surface area (Å²) in [5.74, 6) is 0. The normalized spacial score (nSPS) is 22.2. The molecule has 3 heteroatoms. The zero-order valence-corrected chi connectivity index (χ0v) is 9.68. The Kier molecular flexibility index (Phi) is 4.31. The van der Waals surface area contributed by atoms with Crippen LogP contribution in [0.1, 0.15) is 24.8 Å². The van der Waals surface area contributed by atoms with Crippen molar-refractivity contribution < 1.29 is 5.11 Å². The Morgan fingerprint density at radius 1 is 1.31 bits per heavy atom. The Balaban J connectivity index is 1.84. The maximum Gasteiger partial charge on any atom is 0.0586 e. The number of aliphatic hydroxyl groups excluding tert-OH is 1. The molecule has 88 valence electrons. The third kappa shape index (κ3) is 3.03. The molecule has 0 spiro atoms. The van der Waals surface area contributed by atoms with E-state index in [4.69, 9.17) is 0 Å². The number of aromatic nitrogens is 1. The second-order valence-electron chi connectivity index (χ2n) is 4.47. The van der Waals surface area contributed by atoms with Gasteiger partial charge in [-0.3, -0.25) is 9.88 Å². The maximum atomic E-state index is 9.31. The standard InChI is InChI=1S/C13H20N2O/c16-11-13-3-1-2-9-15(13)10-6-12-4-7-14-8-5-12/h4-5,7-8,13,16H,1-3,6,9-11H2. The molecule has 1 atom stereocenters. The highest BCUT2D eigenvalue weighted by molar-refractivity contribution is 5.10. The summed E-state index contributed by atoms with van der Waals surface area (Å²) >= 11 is 0. The van der Waals surface area contributed by atoms with Gasteiger partial charge in [0.05, 0.1) is 6.61 Å². The van der Waals surface area contributed by atoms with Crippen LogP contribution in [0.5, 0.6) is 0 Å². The number of piperidine rings is 1. The van der Waals surface area contributed by atoms with Crippen LogP contribution in [0, 0.1) is 0 Å². The van der Waals surface area contributed by atoms with Gasteiger partial charge in [-0.05, 0) is 43.5 Å². The molecule has 0 radical (unpaired) electrons. The molecule has 0 aromatic carbocycles. The van der Waals surface area contributed by atoms with Gasteiger partial charge in [-0.15, -0.1) is 0 Å². The molecule has 1 aliphatic rings. The summed E-state index contributed by atoms with van der Waals surface area (Å²) in [4.78, 5) is 6.44. The van der Waals surface area contributed by atoms with Crippen molar-refractivity contribution >= 4 is 0 Å². The molecule has 2 heterocycles. The zero-order valence-electron chi connectivity index (χ0n) is 9.68. The molecule has 0 amide bonds. The lowest BCUT2D eigenvalue weighted by Crippen LogP contribution is -2.42. The van der Waals surface area contributed by atoms with Gasteiger partial charge in [-0.25, -0.2) is 0 Å². The molecule has 1 unspecified atom stereocenters. The highest BCUT2D eigenvalue weighted by atomic mass is 16.3. The van der Waals surface area contributed by atoms with Crippen molar-refractivity contribution in [2.24, 2.45) is 0 Å². The fraction of sp³-hybridized carbons (Fsp3) is 0.615. The van der Waals surface area contributed by atoms with E-state index in [1.165, 1.54) is 18.4 Å². The molecule has 0 bridgehead atoms. The van der Waals surface area contributed by atoms with Crippen molar-refractivity contribution in [1.82, 2.24) is 9.88 Å². The van der Waals surface area contributed by atoms with Crippen LogP contribution in [0.25, 0.3) is 0 Å². The Hall–Kier alpha value is -0.930. The zero-order chi connectivity index (χ0) is 11.2. The lowest BCUT2D eigenvalue weighted by Gasteiger charge is -2.34. The van der Waals surface area contributed by atoms with Crippen molar-refractivity contribution in [3.63, 3.8) is 0 Å². The van der Waals surface area contributed by atoms with E-state index in [0.717, 1.165) is 25.9 Å². The molecule has 1 aromatic rings. The molecule has 16 heavy (non-hydrogen) atoms.